The fourth-order valence-electron chi connectivity index (χ4n) is 5.02. The lowest BCUT2D eigenvalue weighted by atomic mass is 9.78. The molecule has 4 amide bonds. The van der Waals surface area contributed by atoms with Crippen molar-refractivity contribution in [2.24, 2.45) is 0 Å². The first-order valence-electron chi connectivity index (χ1n) is 11.0. The zero-order valence-corrected chi connectivity index (χ0v) is 18.6. The van der Waals surface area contributed by atoms with Gasteiger partial charge in [-0.25, -0.2) is 4.79 Å². The topological polar surface area (TPSA) is 69.7 Å². The average molecular weight is 456 g/mol. The molecular weight excluding hydrogens is 434 g/mol. The molecule has 1 saturated heterocycles. The van der Waals surface area contributed by atoms with Crippen LogP contribution in [-0.2, 0) is 22.4 Å². The lowest BCUT2D eigenvalue weighted by Crippen LogP contribution is -2.51. The summed E-state index contributed by atoms with van der Waals surface area (Å²) in [5.41, 5.74) is 2.83. The highest BCUT2D eigenvalue weighted by Crippen LogP contribution is 2.48. The van der Waals surface area contributed by atoms with E-state index in [1.165, 1.54) is 5.56 Å². The monoisotopic (exact) mass is 455 g/mol. The van der Waals surface area contributed by atoms with Crippen LogP contribution in [0.1, 0.15) is 17.5 Å². The summed E-state index contributed by atoms with van der Waals surface area (Å²) in [6, 6.07) is 22.9. The molecule has 1 fully saturated rings. The van der Waals surface area contributed by atoms with Gasteiger partial charge in [0.25, 0.3) is 11.8 Å². The number of benzene rings is 3. The van der Waals surface area contributed by atoms with Crippen molar-refractivity contribution in [2.75, 3.05) is 11.4 Å². The Bertz CT molecular complexity index is 1280. The van der Waals surface area contributed by atoms with Gasteiger partial charge in [0.15, 0.2) is 0 Å². The van der Waals surface area contributed by atoms with Gasteiger partial charge in [-0.05, 0) is 48.2 Å². The maximum Gasteiger partial charge on any atom is 0.325 e. The number of carbonyl (C=O) groups excluding carboxylic acids is 3. The van der Waals surface area contributed by atoms with Crippen LogP contribution < -0.4 is 10.2 Å². The van der Waals surface area contributed by atoms with Crippen molar-refractivity contribution in [1.29, 1.82) is 0 Å². The Kier molecular flexibility index (Phi) is 4.55. The SMILES string of the molecule is O=C1NC2(CCc3ccccc3C2)C(=O)N1CC(=O)N1c2ccccc2Sc2ccccc21. The fourth-order valence-corrected chi connectivity index (χ4v) is 6.08. The van der Waals surface area contributed by atoms with Crippen molar-refractivity contribution >= 4 is 41.0 Å². The van der Waals surface area contributed by atoms with Gasteiger partial charge in [0, 0.05) is 16.2 Å². The minimum Gasteiger partial charge on any atom is -0.323 e. The lowest BCUT2D eigenvalue weighted by molar-refractivity contribution is -0.134. The lowest BCUT2D eigenvalue weighted by Gasteiger charge is -2.33. The molecule has 6 nitrogen and oxygen atoms in total. The number of anilines is 2. The van der Waals surface area contributed by atoms with Crippen LogP contribution in [0.2, 0.25) is 0 Å². The molecule has 2 aliphatic heterocycles. The van der Waals surface area contributed by atoms with E-state index in [-0.39, 0.29) is 18.4 Å². The number of nitrogens with one attached hydrogen (secondary N) is 1. The van der Waals surface area contributed by atoms with E-state index in [9.17, 15) is 14.4 Å². The van der Waals surface area contributed by atoms with Crippen molar-refractivity contribution < 1.29 is 14.4 Å². The van der Waals surface area contributed by atoms with Crippen LogP contribution in [0, 0.1) is 0 Å². The number of hydrogen-bond acceptors (Lipinski definition) is 4. The summed E-state index contributed by atoms with van der Waals surface area (Å²) in [6.07, 6.45) is 1.70. The predicted octanol–water partition coefficient (Wildman–Crippen LogP) is 4.30. The highest BCUT2D eigenvalue weighted by Gasteiger charge is 2.53. The predicted molar refractivity (Wildman–Crippen MR) is 126 cm³/mol. The number of para-hydroxylation sites is 2. The van der Waals surface area contributed by atoms with Crippen molar-refractivity contribution in [2.45, 2.75) is 34.6 Å². The van der Waals surface area contributed by atoms with E-state index in [0.717, 1.165) is 31.6 Å². The zero-order valence-electron chi connectivity index (χ0n) is 17.8. The van der Waals surface area contributed by atoms with Crippen LogP contribution >= 0.6 is 11.8 Å². The highest BCUT2D eigenvalue weighted by molar-refractivity contribution is 7.99. The van der Waals surface area contributed by atoms with Gasteiger partial charge < -0.3 is 5.32 Å². The number of nitrogens with zero attached hydrogens (tertiary/aromatic N) is 2. The van der Waals surface area contributed by atoms with Crippen LogP contribution in [0.25, 0.3) is 0 Å². The van der Waals surface area contributed by atoms with Crippen LogP contribution in [0.4, 0.5) is 16.2 Å². The van der Waals surface area contributed by atoms with Crippen molar-refractivity contribution in [3.63, 3.8) is 0 Å². The van der Waals surface area contributed by atoms with Gasteiger partial charge in [0.2, 0.25) is 0 Å². The van der Waals surface area contributed by atoms with Gasteiger partial charge in [0.1, 0.15) is 12.1 Å². The summed E-state index contributed by atoms with van der Waals surface area (Å²) < 4.78 is 0. The molecular formula is C26H21N3O3S. The maximum atomic E-state index is 13.6. The van der Waals surface area contributed by atoms with Crippen LogP contribution in [0.15, 0.2) is 82.6 Å². The Morgan fingerprint density at radius 3 is 2.18 bits per heavy atom. The highest BCUT2D eigenvalue weighted by atomic mass is 32.2. The fraction of sp³-hybridized carbons (Fsp3) is 0.192. The summed E-state index contributed by atoms with van der Waals surface area (Å²) >= 11 is 1.60. The Hall–Kier alpha value is -3.58. The minimum atomic E-state index is -0.973. The van der Waals surface area contributed by atoms with E-state index < -0.39 is 11.6 Å². The van der Waals surface area contributed by atoms with E-state index in [0.29, 0.717) is 19.3 Å². The molecule has 1 aliphatic carbocycles. The van der Waals surface area contributed by atoms with Crippen LogP contribution in [-0.4, -0.2) is 34.8 Å². The molecule has 3 aliphatic rings. The first-order chi connectivity index (χ1) is 16.1. The molecule has 0 aromatic heterocycles. The molecule has 7 heteroatoms. The average Bonchev–Trinajstić information content (AvgIpc) is 3.06. The van der Waals surface area contributed by atoms with E-state index >= 15 is 0 Å². The second-order valence-corrected chi connectivity index (χ2v) is 9.70. The Labute approximate surface area is 195 Å². The summed E-state index contributed by atoms with van der Waals surface area (Å²) in [7, 11) is 0. The zero-order chi connectivity index (χ0) is 22.6. The molecule has 1 unspecified atom stereocenters. The molecule has 0 radical (unpaired) electrons. The second-order valence-electron chi connectivity index (χ2n) is 8.62. The quantitative estimate of drug-likeness (QED) is 0.585. The number of aryl methyl sites for hydroxylation is 1. The normalized spacial score (nSPS) is 20.8. The molecule has 2 heterocycles. The third kappa shape index (κ3) is 3.15. The number of rotatable bonds is 2. The molecule has 1 N–H and O–H groups in total. The maximum absolute atomic E-state index is 13.6. The van der Waals surface area contributed by atoms with Crippen molar-refractivity contribution in [1.82, 2.24) is 10.2 Å². The summed E-state index contributed by atoms with van der Waals surface area (Å²) in [6.45, 7) is -0.304. The molecule has 1 atom stereocenters. The smallest absolute Gasteiger partial charge is 0.323 e. The third-order valence-corrected chi connectivity index (χ3v) is 7.78. The van der Waals surface area contributed by atoms with Crippen molar-refractivity contribution in [3.8, 4) is 0 Å². The van der Waals surface area contributed by atoms with E-state index in [1.54, 1.807) is 16.7 Å². The van der Waals surface area contributed by atoms with Gasteiger partial charge in [-0.2, -0.15) is 0 Å². The molecule has 0 saturated carbocycles. The number of amides is 4. The largest absolute Gasteiger partial charge is 0.325 e. The Morgan fingerprint density at radius 2 is 1.48 bits per heavy atom. The molecule has 1 spiro atoms. The van der Waals surface area contributed by atoms with E-state index in [4.69, 9.17) is 0 Å². The number of imide groups is 1. The molecule has 0 bridgehead atoms. The molecule has 33 heavy (non-hydrogen) atoms. The second kappa shape index (κ2) is 7.49. The third-order valence-electron chi connectivity index (χ3n) is 6.65. The summed E-state index contributed by atoms with van der Waals surface area (Å²) in [4.78, 5) is 44.6. The molecule has 3 aromatic carbocycles. The minimum absolute atomic E-state index is 0.304. The van der Waals surface area contributed by atoms with Gasteiger partial charge in [-0.1, -0.05) is 60.3 Å². The first-order valence-corrected chi connectivity index (χ1v) is 11.8. The molecule has 6 rings (SSSR count). The molecule has 164 valence electrons. The number of hydrogen-bond donors (Lipinski definition) is 1. The van der Waals surface area contributed by atoms with Gasteiger partial charge in [0.05, 0.1) is 11.4 Å². The van der Waals surface area contributed by atoms with E-state index in [2.05, 4.69) is 11.4 Å². The first kappa shape index (κ1) is 20.1. The Morgan fingerprint density at radius 1 is 0.879 bits per heavy atom. The number of fused-ring (bicyclic) bond motifs is 3. The number of urea groups is 1. The standard InChI is InChI=1S/C26H21N3O3S/c30-23(29-19-9-3-5-11-21(19)33-22-12-6-4-10-20(22)29)16-28-24(31)26(27-25(28)32)14-13-17-7-1-2-8-18(17)15-26/h1-12H,13-16H2,(H,27,32). The summed E-state index contributed by atoms with van der Waals surface area (Å²) in [5.74, 6) is -0.629. The Balaban J connectivity index is 1.30. The van der Waals surface area contributed by atoms with Gasteiger partial charge in [-0.15, -0.1) is 0 Å². The van der Waals surface area contributed by atoms with E-state index in [1.807, 2.05) is 66.7 Å². The van der Waals surface area contributed by atoms with Gasteiger partial charge >= 0.3 is 6.03 Å². The van der Waals surface area contributed by atoms with Crippen molar-refractivity contribution in [3.05, 3.63) is 83.9 Å². The molecule has 3 aromatic rings. The van der Waals surface area contributed by atoms with Crippen LogP contribution in [0.5, 0.6) is 0 Å². The van der Waals surface area contributed by atoms with Gasteiger partial charge in [-0.3, -0.25) is 19.4 Å². The number of carbonyl (C=O) groups is 3. The van der Waals surface area contributed by atoms with Crippen LogP contribution in [0.3, 0.4) is 0 Å². The summed E-state index contributed by atoms with van der Waals surface area (Å²) in [5, 5.41) is 2.92.